The zero-order chi connectivity index (χ0) is 22.4. The van der Waals surface area contributed by atoms with Crippen molar-refractivity contribution < 1.29 is 23.6 Å². The molecule has 0 aliphatic heterocycles. The number of benzene rings is 2. The summed E-state index contributed by atoms with van der Waals surface area (Å²) in [5.41, 5.74) is 4.92. The average Bonchev–Trinajstić information content (AvgIpc) is 3.19. The molecule has 0 fully saturated rings. The zero-order valence-electron chi connectivity index (χ0n) is 18.1. The van der Waals surface area contributed by atoms with E-state index < -0.39 is 18.5 Å². The van der Waals surface area contributed by atoms with Gasteiger partial charge >= 0.3 is 5.97 Å². The molecule has 0 atom stereocenters. The van der Waals surface area contributed by atoms with Crippen molar-refractivity contribution in [1.29, 1.82) is 0 Å². The number of ether oxygens (including phenoxy) is 2. The highest BCUT2D eigenvalue weighted by Crippen LogP contribution is 2.24. The molecule has 0 aliphatic carbocycles. The highest BCUT2D eigenvalue weighted by molar-refractivity contribution is 5.92. The number of aryl methyl sites for hydroxylation is 2. The third-order valence-electron chi connectivity index (χ3n) is 4.70. The SMILES string of the molecule is Cc1ccc(-c2cc(NC(=O)COC(=O)COc3ccc(C(C)C)c(C)c3)on2)cc1. The highest BCUT2D eigenvalue weighted by Gasteiger charge is 2.13. The molecule has 7 nitrogen and oxygen atoms in total. The van der Waals surface area contributed by atoms with Crippen LogP contribution in [0.15, 0.2) is 53.1 Å². The number of rotatable bonds is 8. The van der Waals surface area contributed by atoms with Crippen molar-refractivity contribution in [3.63, 3.8) is 0 Å². The molecule has 0 saturated heterocycles. The third-order valence-corrected chi connectivity index (χ3v) is 4.70. The average molecular weight is 422 g/mol. The van der Waals surface area contributed by atoms with Gasteiger partial charge in [-0.05, 0) is 43.0 Å². The van der Waals surface area contributed by atoms with E-state index in [2.05, 4.69) is 24.3 Å². The van der Waals surface area contributed by atoms with Gasteiger partial charge in [-0.15, -0.1) is 0 Å². The standard InChI is InChI=1S/C24H26N2O5/c1-15(2)20-10-9-19(11-17(20)4)29-14-24(28)30-13-22(27)25-23-12-21(26-31-23)18-7-5-16(3)6-8-18/h5-12,15H,13-14H2,1-4H3,(H,25,27). The number of carbonyl (C=O) groups is 2. The Balaban J connectivity index is 1.44. The summed E-state index contributed by atoms with van der Waals surface area (Å²) in [6.45, 7) is 7.50. The molecule has 1 aromatic heterocycles. The van der Waals surface area contributed by atoms with Crippen LogP contribution < -0.4 is 10.1 Å². The first-order valence-corrected chi connectivity index (χ1v) is 10.0. The lowest BCUT2D eigenvalue weighted by molar-refractivity contribution is -0.149. The maximum absolute atomic E-state index is 12.0. The van der Waals surface area contributed by atoms with Gasteiger partial charge in [-0.25, -0.2) is 4.79 Å². The van der Waals surface area contributed by atoms with E-state index in [4.69, 9.17) is 14.0 Å². The van der Waals surface area contributed by atoms with Crippen molar-refractivity contribution in [2.75, 3.05) is 18.5 Å². The van der Waals surface area contributed by atoms with Crippen LogP contribution in [0.2, 0.25) is 0 Å². The van der Waals surface area contributed by atoms with Gasteiger partial charge in [0.25, 0.3) is 5.91 Å². The van der Waals surface area contributed by atoms with E-state index in [0.717, 1.165) is 16.7 Å². The van der Waals surface area contributed by atoms with E-state index in [1.54, 1.807) is 6.07 Å². The number of amides is 1. The second kappa shape index (κ2) is 9.93. The molecule has 0 saturated carbocycles. The number of hydrogen-bond donors (Lipinski definition) is 1. The Kier molecular flexibility index (Phi) is 7.07. The molecular formula is C24H26N2O5. The fourth-order valence-corrected chi connectivity index (χ4v) is 3.08. The minimum atomic E-state index is -0.640. The summed E-state index contributed by atoms with van der Waals surface area (Å²) in [5.74, 6) is -0.00668. The molecule has 0 spiro atoms. The van der Waals surface area contributed by atoms with Gasteiger partial charge in [0, 0.05) is 11.6 Å². The van der Waals surface area contributed by atoms with Gasteiger partial charge in [-0.2, -0.15) is 0 Å². The number of carbonyl (C=O) groups excluding carboxylic acids is 2. The first-order chi connectivity index (χ1) is 14.8. The molecule has 0 unspecified atom stereocenters. The molecule has 0 radical (unpaired) electrons. The van der Waals surface area contributed by atoms with Crippen molar-refractivity contribution in [3.8, 4) is 17.0 Å². The maximum atomic E-state index is 12.0. The fraction of sp³-hybridized carbons (Fsp3) is 0.292. The van der Waals surface area contributed by atoms with Crippen LogP contribution in [-0.2, 0) is 14.3 Å². The Bertz CT molecular complexity index is 1050. The van der Waals surface area contributed by atoms with E-state index in [9.17, 15) is 9.59 Å². The minimum Gasteiger partial charge on any atom is -0.482 e. The molecule has 7 heteroatoms. The largest absolute Gasteiger partial charge is 0.482 e. The van der Waals surface area contributed by atoms with Gasteiger partial charge in [-0.3, -0.25) is 10.1 Å². The summed E-state index contributed by atoms with van der Waals surface area (Å²) in [4.78, 5) is 23.9. The molecule has 31 heavy (non-hydrogen) atoms. The molecule has 0 aliphatic rings. The number of hydrogen-bond acceptors (Lipinski definition) is 6. The molecule has 1 heterocycles. The zero-order valence-corrected chi connectivity index (χ0v) is 18.1. The van der Waals surface area contributed by atoms with E-state index in [0.29, 0.717) is 17.4 Å². The molecule has 1 amide bonds. The van der Waals surface area contributed by atoms with Gasteiger partial charge in [0.1, 0.15) is 11.4 Å². The first-order valence-electron chi connectivity index (χ1n) is 10.0. The summed E-state index contributed by atoms with van der Waals surface area (Å²) in [6, 6.07) is 15.0. The fourth-order valence-electron chi connectivity index (χ4n) is 3.08. The number of aromatic nitrogens is 1. The lowest BCUT2D eigenvalue weighted by atomic mass is 9.98. The normalized spacial score (nSPS) is 10.7. The van der Waals surface area contributed by atoms with Crippen LogP contribution in [-0.4, -0.2) is 30.2 Å². The second-order valence-electron chi connectivity index (χ2n) is 7.61. The molecule has 3 rings (SSSR count). The van der Waals surface area contributed by atoms with E-state index in [1.807, 2.05) is 56.3 Å². The number of anilines is 1. The van der Waals surface area contributed by atoms with Crippen molar-refractivity contribution >= 4 is 17.8 Å². The Morgan fingerprint density at radius 3 is 2.45 bits per heavy atom. The molecule has 162 valence electrons. The van der Waals surface area contributed by atoms with Crippen LogP contribution >= 0.6 is 0 Å². The van der Waals surface area contributed by atoms with Crippen LogP contribution in [0.4, 0.5) is 5.88 Å². The van der Waals surface area contributed by atoms with Crippen molar-refractivity contribution in [2.45, 2.75) is 33.6 Å². The Labute approximate surface area is 181 Å². The van der Waals surface area contributed by atoms with Gasteiger partial charge in [-0.1, -0.05) is 54.9 Å². The number of nitrogens with zero attached hydrogens (tertiary/aromatic N) is 1. The van der Waals surface area contributed by atoms with Gasteiger partial charge in [0.15, 0.2) is 13.2 Å². The monoisotopic (exact) mass is 422 g/mol. The first kappa shape index (κ1) is 22.1. The third kappa shape index (κ3) is 6.18. The van der Waals surface area contributed by atoms with Gasteiger partial charge in [0.05, 0.1) is 0 Å². The lowest BCUT2D eigenvalue weighted by Gasteiger charge is -2.12. The van der Waals surface area contributed by atoms with Crippen LogP contribution in [0.1, 0.15) is 36.5 Å². The molecule has 2 aromatic carbocycles. The van der Waals surface area contributed by atoms with Crippen LogP contribution in [0, 0.1) is 13.8 Å². The Morgan fingerprint density at radius 1 is 1.03 bits per heavy atom. The predicted molar refractivity (Wildman–Crippen MR) is 117 cm³/mol. The number of nitrogens with one attached hydrogen (secondary N) is 1. The summed E-state index contributed by atoms with van der Waals surface area (Å²) in [7, 11) is 0. The second-order valence-corrected chi connectivity index (χ2v) is 7.61. The van der Waals surface area contributed by atoms with Crippen LogP contribution in [0.5, 0.6) is 5.75 Å². The van der Waals surface area contributed by atoms with Gasteiger partial charge in [0.2, 0.25) is 5.88 Å². The molecular weight excluding hydrogens is 396 g/mol. The Morgan fingerprint density at radius 2 is 1.77 bits per heavy atom. The topological polar surface area (TPSA) is 90.7 Å². The molecule has 3 aromatic rings. The van der Waals surface area contributed by atoms with E-state index in [-0.39, 0.29) is 12.5 Å². The van der Waals surface area contributed by atoms with Crippen LogP contribution in [0.25, 0.3) is 11.3 Å². The number of esters is 1. The molecule has 1 N–H and O–H groups in total. The summed E-state index contributed by atoms with van der Waals surface area (Å²) in [5, 5.41) is 6.44. The van der Waals surface area contributed by atoms with Gasteiger partial charge < -0.3 is 14.0 Å². The molecule has 0 bridgehead atoms. The summed E-state index contributed by atoms with van der Waals surface area (Å²) < 4.78 is 15.5. The quantitative estimate of drug-likeness (QED) is 0.532. The lowest BCUT2D eigenvalue weighted by Crippen LogP contribution is -2.23. The summed E-state index contributed by atoms with van der Waals surface area (Å²) in [6.07, 6.45) is 0. The van der Waals surface area contributed by atoms with Crippen LogP contribution in [0.3, 0.4) is 0 Å². The smallest absolute Gasteiger partial charge is 0.344 e. The predicted octanol–water partition coefficient (Wildman–Crippen LogP) is 4.64. The summed E-state index contributed by atoms with van der Waals surface area (Å²) >= 11 is 0. The van der Waals surface area contributed by atoms with E-state index in [1.165, 1.54) is 5.56 Å². The van der Waals surface area contributed by atoms with E-state index >= 15 is 0 Å². The minimum absolute atomic E-state index is 0.175. The Hall–Kier alpha value is -3.61. The maximum Gasteiger partial charge on any atom is 0.344 e. The van der Waals surface area contributed by atoms with Crippen molar-refractivity contribution in [1.82, 2.24) is 5.16 Å². The highest BCUT2D eigenvalue weighted by atomic mass is 16.6. The van der Waals surface area contributed by atoms with Crippen molar-refractivity contribution in [2.24, 2.45) is 0 Å². The van der Waals surface area contributed by atoms with Crippen molar-refractivity contribution in [3.05, 3.63) is 65.2 Å².